The van der Waals surface area contributed by atoms with Crippen molar-refractivity contribution in [3.05, 3.63) is 81.7 Å². The molecule has 2 rings (SSSR count). The lowest BCUT2D eigenvalue weighted by Gasteiger charge is -2.32. The van der Waals surface area contributed by atoms with Crippen molar-refractivity contribution in [2.45, 2.75) is 51.5 Å². The third-order valence-corrected chi connectivity index (χ3v) is 4.87. The maximum Gasteiger partial charge on any atom is 0.0510 e. The predicted octanol–water partition coefficient (Wildman–Crippen LogP) is 6.36. The van der Waals surface area contributed by atoms with Crippen molar-refractivity contribution < 1.29 is 0 Å². The Kier molecular flexibility index (Phi) is 5.84. The number of hydrogen-bond acceptors (Lipinski definition) is 1. The van der Waals surface area contributed by atoms with Crippen molar-refractivity contribution in [1.82, 2.24) is 0 Å². The van der Waals surface area contributed by atoms with Gasteiger partial charge in [0, 0.05) is 4.91 Å². The third kappa shape index (κ3) is 4.37. The summed E-state index contributed by atoms with van der Waals surface area (Å²) in [5.41, 5.74) is 12.4. The Bertz CT molecular complexity index is 657. The van der Waals surface area contributed by atoms with Gasteiger partial charge in [-0.25, -0.2) is 0 Å². The molecule has 0 fully saturated rings. The molecule has 0 spiro atoms. The van der Waals surface area contributed by atoms with Crippen LogP contribution in [0.1, 0.15) is 56.2 Å². The molecule has 3 heteroatoms. The van der Waals surface area contributed by atoms with Crippen molar-refractivity contribution in [3.63, 3.8) is 0 Å². The lowest BCUT2D eigenvalue weighted by molar-refractivity contribution is 0.388. The fourth-order valence-electron chi connectivity index (χ4n) is 3.17. The van der Waals surface area contributed by atoms with Crippen LogP contribution in [0.25, 0.3) is 10.4 Å². The van der Waals surface area contributed by atoms with Gasteiger partial charge < -0.3 is 0 Å². The summed E-state index contributed by atoms with van der Waals surface area (Å²) in [4.78, 5) is 2.81. The van der Waals surface area contributed by atoms with E-state index in [1.54, 1.807) is 0 Å². The van der Waals surface area contributed by atoms with E-state index in [0.29, 0.717) is 12.5 Å². The highest BCUT2D eigenvalue weighted by molar-refractivity contribution is 5.29. The standard InChI is InChI=1S/C20H25N3/c1-4-20(3,19-8-6-5-7-9-19)14-16(2)18-12-10-17(11-13-18)15-22-23-21/h5-13,16H,4,14-15H2,1-3H3. The summed E-state index contributed by atoms with van der Waals surface area (Å²) in [5.74, 6) is 0.480. The summed E-state index contributed by atoms with van der Waals surface area (Å²) >= 11 is 0. The van der Waals surface area contributed by atoms with Crippen LogP contribution in [0.3, 0.4) is 0 Å². The number of azide groups is 1. The first-order chi connectivity index (χ1) is 11.1. The van der Waals surface area contributed by atoms with Gasteiger partial charge in [-0.2, -0.15) is 0 Å². The molecule has 120 valence electrons. The fourth-order valence-corrected chi connectivity index (χ4v) is 3.17. The topological polar surface area (TPSA) is 48.8 Å². The smallest absolute Gasteiger partial charge is 0.0510 e. The number of rotatable bonds is 7. The molecule has 2 aromatic rings. The van der Waals surface area contributed by atoms with E-state index >= 15 is 0 Å². The second kappa shape index (κ2) is 7.85. The van der Waals surface area contributed by atoms with Gasteiger partial charge in [-0.15, -0.1) is 0 Å². The molecule has 2 atom stereocenters. The summed E-state index contributed by atoms with van der Waals surface area (Å²) in [6.07, 6.45) is 2.24. The average Bonchev–Trinajstić information content (AvgIpc) is 2.61. The van der Waals surface area contributed by atoms with E-state index in [4.69, 9.17) is 5.53 Å². The maximum absolute atomic E-state index is 8.39. The largest absolute Gasteiger partial charge is 0.0893 e. The molecule has 2 unspecified atom stereocenters. The van der Waals surface area contributed by atoms with Crippen LogP contribution in [0.5, 0.6) is 0 Å². The van der Waals surface area contributed by atoms with Crippen LogP contribution in [0.4, 0.5) is 0 Å². The van der Waals surface area contributed by atoms with Crippen LogP contribution in [0.15, 0.2) is 59.7 Å². The van der Waals surface area contributed by atoms with Crippen LogP contribution in [0, 0.1) is 0 Å². The van der Waals surface area contributed by atoms with Crippen molar-refractivity contribution >= 4 is 0 Å². The Morgan fingerprint density at radius 1 is 1.09 bits per heavy atom. The highest BCUT2D eigenvalue weighted by Gasteiger charge is 2.27. The molecule has 0 heterocycles. The van der Waals surface area contributed by atoms with Crippen molar-refractivity contribution in [2.75, 3.05) is 0 Å². The summed E-state index contributed by atoms with van der Waals surface area (Å²) in [5, 5.41) is 3.61. The second-order valence-corrected chi connectivity index (χ2v) is 6.52. The minimum atomic E-state index is 0.185. The van der Waals surface area contributed by atoms with E-state index in [9.17, 15) is 0 Å². The van der Waals surface area contributed by atoms with Gasteiger partial charge in [0.25, 0.3) is 0 Å². The van der Waals surface area contributed by atoms with Gasteiger partial charge in [0.1, 0.15) is 0 Å². The summed E-state index contributed by atoms with van der Waals surface area (Å²) in [6, 6.07) is 19.2. The van der Waals surface area contributed by atoms with Crippen molar-refractivity contribution in [3.8, 4) is 0 Å². The monoisotopic (exact) mass is 307 g/mol. The van der Waals surface area contributed by atoms with Crippen LogP contribution in [-0.4, -0.2) is 0 Å². The SMILES string of the molecule is CCC(C)(CC(C)c1ccc(CN=[N+]=[N-])cc1)c1ccccc1. The van der Waals surface area contributed by atoms with Crippen LogP contribution < -0.4 is 0 Å². The quantitative estimate of drug-likeness (QED) is 0.325. The molecule has 0 radical (unpaired) electrons. The summed E-state index contributed by atoms with van der Waals surface area (Å²) in [7, 11) is 0. The predicted molar refractivity (Wildman–Crippen MR) is 96.4 cm³/mol. The van der Waals surface area contributed by atoms with Crippen molar-refractivity contribution in [2.24, 2.45) is 5.11 Å². The lowest BCUT2D eigenvalue weighted by Crippen LogP contribution is -2.23. The van der Waals surface area contributed by atoms with E-state index in [2.05, 4.69) is 85.4 Å². The fraction of sp³-hybridized carbons (Fsp3) is 0.400. The van der Waals surface area contributed by atoms with Gasteiger partial charge in [-0.05, 0) is 46.4 Å². The molecular formula is C20H25N3. The molecule has 0 amide bonds. The molecule has 0 aliphatic carbocycles. The van der Waals surface area contributed by atoms with Crippen LogP contribution in [0.2, 0.25) is 0 Å². The molecule has 0 saturated heterocycles. The molecular weight excluding hydrogens is 282 g/mol. The minimum absolute atomic E-state index is 0.185. The molecule has 0 aromatic heterocycles. The van der Waals surface area contributed by atoms with Gasteiger partial charge in [0.15, 0.2) is 0 Å². The number of benzene rings is 2. The van der Waals surface area contributed by atoms with E-state index in [1.807, 2.05) is 0 Å². The highest BCUT2D eigenvalue weighted by atomic mass is 15.1. The van der Waals surface area contributed by atoms with Gasteiger partial charge in [-0.3, -0.25) is 0 Å². The van der Waals surface area contributed by atoms with Crippen LogP contribution >= 0.6 is 0 Å². The Morgan fingerprint density at radius 2 is 1.74 bits per heavy atom. The molecule has 23 heavy (non-hydrogen) atoms. The molecule has 3 nitrogen and oxygen atoms in total. The van der Waals surface area contributed by atoms with E-state index in [-0.39, 0.29) is 5.41 Å². The average molecular weight is 307 g/mol. The molecule has 2 aromatic carbocycles. The molecule has 0 aliphatic heterocycles. The molecule has 0 aliphatic rings. The molecule has 0 N–H and O–H groups in total. The van der Waals surface area contributed by atoms with E-state index in [0.717, 1.165) is 18.4 Å². The Balaban J connectivity index is 2.13. The first-order valence-electron chi connectivity index (χ1n) is 8.24. The maximum atomic E-state index is 8.39. The third-order valence-electron chi connectivity index (χ3n) is 4.87. The Morgan fingerprint density at radius 3 is 2.30 bits per heavy atom. The van der Waals surface area contributed by atoms with E-state index < -0.39 is 0 Å². The normalized spacial score (nSPS) is 14.6. The lowest BCUT2D eigenvalue weighted by atomic mass is 9.72. The zero-order valence-electron chi connectivity index (χ0n) is 14.2. The number of nitrogens with zero attached hydrogens (tertiary/aromatic N) is 3. The second-order valence-electron chi connectivity index (χ2n) is 6.52. The van der Waals surface area contributed by atoms with Gasteiger partial charge in [0.2, 0.25) is 0 Å². The summed E-state index contributed by atoms with van der Waals surface area (Å²) in [6.45, 7) is 7.33. The van der Waals surface area contributed by atoms with E-state index in [1.165, 1.54) is 11.1 Å². The zero-order chi connectivity index (χ0) is 16.7. The first kappa shape index (κ1) is 17.1. The van der Waals surface area contributed by atoms with Gasteiger partial charge >= 0.3 is 0 Å². The minimum Gasteiger partial charge on any atom is -0.0893 e. The number of hydrogen-bond donors (Lipinski definition) is 0. The van der Waals surface area contributed by atoms with Crippen molar-refractivity contribution in [1.29, 1.82) is 0 Å². The molecule has 0 bridgehead atoms. The van der Waals surface area contributed by atoms with Gasteiger partial charge in [0.05, 0.1) is 6.54 Å². The van der Waals surface area contributed by atoms with Crippen LogP contribution in [-0.2, 0) is 12.0 Å². The highest BCUT2D eigenvalue weighted by Crippen LogP contribution is 2.37. The van der Waals surface area contributed by atoms with Gasteiger partial charge in [-0.1, -0.05) is 80.5 Å². The Labute approximate surface area is 139 Å². The molecule has 0 saturated carbocycles. The first-order valence-corrected chi connectivity index (χ1v) is 8.24. The summed E-state index contributed by atoms with van der Waals surface area (Å²) < 4.78 is 0. The Hall–Kier alpha value is -2.25. The zero-order valence-corrected chi connectivity index (χ0v) is 14.2.